The normalized spacial score (nSPS) is 25.3. The van der Waals surface area contributed by atoms with Gasteiger partial charge in [-0.2, -0.15) is 0 Å². The van der Waals surface area contributed by atoms with E-state index >= 15 is 0 Å². The molecule has 1 atom stereocenters. The highest BCUT2D eigenvalue weighted by molar-refractivity contribution is 5.89. The lowest BCUT2D eigenvalue weighted by molar-refractivity contribution is -0.136. The topological polar surface area (TPSA) is 44.8 Å². The standard InChI is InChI=1S/C11H16O4/c1-11(15-4)6-8(10(12)14-3)5-9(7-11)13-2/h6-7H,5H2,1-4H3. The van der Waals surface area contributed by atoms with Crippen LogP contribution in [0.5, 0.6) is 0 Å². The van der Waals surface area contributed by atoms with Crippen LogP contribution in [0.4, 0.5) is 0 Å². The minimum atomic E-state index is -0.604. The lowest BCUT2D eigenvalue weighted by Crippen LogP contribution is -2.27. The molecule has 4 heteroatoms. The van der Waals surface area contributed by atoms with Gasteiger partial charge >= 0.3 is 5.97 Å². The molecule has 0 bridgehead atoms. The van der Waals surface area contributed by atoms with Gasteiger partial charge in [-0.05, 0) is 19.1 Å². The Morgan fingerprint density at radius 3 is 2.47 bits per heavy atom. The second kappa shape index (κ2) is 4.49. The zero-order chi connectivity index (χ0) is 11.5. The first-order chi connectivity index (χ1) is 7.04. The van der Waals surface area contributed by atoms with Crippen molar-refractivity contribution in [1.29, 1.82) is 0 Å². The first-order valence-electron chi connectivity index (χ1n) is 4.65. The predicted molar refractivity (Wildman–Crippen MR) is 55.2 cm³/mol. The molecule has 0 heterocycles. The largest absolute Gasteiger partial charge is 0.501 e. The number of ether oxygens (including phenoxy) is 3. The van der Waals surface area contributed by atoms with E-state index in [1.807, 2.05) is 13.0 Å². The van der Waals surface area contributed by atoms with Crippen LogP contribution in [0.1, 0.15) is 13.3 Å². The third-order valence-corrected chi connectivity index (χ3v) is 2.42. The molecule has 0 amide bonds. The van der Waals surface area contributed by atoms with E-state index in [1.165, 1.54) is 7.11 Å². The molecular formula is C11H16O4. The summed E-state index contributed by atoms with van der Waals surface area (Å²) in [5.41, 5.74) is -0.0474. The lowest BCUT2D eigenvalue weighted by atomic mass is 9.93. The van der Waals surface area contributed by atoms with Crippen molar-refractivity contribution in [3.63, 3.8) is 0 Å². The molecule has 0 spiro atoms. The van der Waals surface area contributed by atoms with Crippen LogP contribution >= 0.6 is 0 Å². The summed E-state index contributed by atoms with van der Waals surface area (Å²) < 4.78 is 15.1. The van der Waals surface area contributed by atoms with E-state index in [0.29, 0.717) is 17.8 Å². The van der Waals surface area contributed by atoms with Gasteiger partial charge in [0.25, 0.3) is 0 Å². The Balaban J connectivity index is 2.98. The maximum atomic E-state index is 11.4. The number of hydrogen-bond donors (Lipinski definition) is 0. The van der Waals surface area contributed by atoms with Gasteiger partial charge in [-0.1, -0.05) is 0 Å². The number of carbonyl (C=O) groups excluding carboxylic acids is 1. The van der Waals surface area contributed by atoms with Crippen LogP contribution < -0.4 is 0 Å². The number of esters is 1. The van der Waals surface area contributed by atoms with Gasteiger partial charge in [0.2, 0.25) is 0 Å². The van der Waals surface area contributed by atoms with E-state index in [2.05, 4.69) is 4.74 Å². The van der Waals surface area contributed by atoms with Gasteiger partial charge in [-0.15, -0.1) is 0 Å². The fraction of sp³-hybridized carbons (Fsp3) is 0.545. The number of rotatable bonds is 3. The molecule has 0 aromatic carbocycles. The molecule has 4 nitrogen and oxygen atoms in total. The molecule has 0 radical (unpaired) electrons. The van der Waals surface area contributed by atoms with Gasteiger partial charge in [0, 0.05) is 19.1 Å². The summed E-state index contributed by atoms with van der Waals surface area (Å²) in [5.74, 6) is 0.364. The summed E-state index contributed by atoms with van der Waals surface area (Å²) in [7, 11) is 4.51. The Labute approximate surface area is 89.5 Å². The highest BCUT2D eigenvalue weighted by Crippen LogP contribution is 2.28. The third-order valence-electron chi connectivity index (χ3n) is 2.42. The van der Waals surface area contributed by atoms with E-state index in [9.17, 15) is 4.79 Å². The Bertz CT molecular complexity index is 317. The van der Waals surface area contributed by atoms with Crippen LogP contribution in [0.25, 0.3) is 0 Å². The molecule has 15 heavy (non-hydrogen) atoms. The van der Waals surface area contributed by atoms with Crippen LogP contribution in [-0.4, -0.2) is 32.9 Å². The van der Waals surface area contributed by atoms with Gasteiger partial charge in [-0.25, -0.2) is 4.79 Å². The smallest absolute Gasteiger partial charge is 0.333 e. The van der Waals surface area contributed by atoms with Gasteiger partial charge in [0.05, 0.1) is 20.0 Å². The minimum Gasteiger partial charge on any atom is -0.501 e. The zero-order valence-electron chi connectivity index (χ0n) is 9.49. The summed E-state index contributed by atoms with van der Waals surface area (Å²) in [5, 5.41) is 0. The van der Waals surface area contributed by atoms with Crippen molar-refractivity contribution in [3.8, 4) is 0 Å². The molecule has 0 fully saturated rings. The fourth-order valence-corrected chi connectivity index (χ4v) is 1.51. The van der Waals surface area contributed by atoms with Crippen molar-refractivity contribution in [2.24, 2.45) is 0 Å². The average molecular weight is 212 g/mol. The number of carbonyl (C=O) groups is 1. The van der Waals surface area contributed by atoms with Crippen LogP contribution in [0.2, 0.25) is 0 Å². The van der Waals surface area contributed by atoms with Crippen LogP contribution in [0.3, 0.4) is 0 Å². The summed E-state index contributed by atoms with van der Waals surface area (Å²) in [6.07, 6.45) is 4.04. The lowest BCUT2D eigenvalue weighted by Gasteiger charge is -2.27. The molecule has 1 rings (SSSR count). The Kier molecular flexibility index (Phi) is 3.52. The SMILES string of the molecule is COC(=O)C1=CC(C)(OC)C=C(OC)C1. The van der Waals surface area contributed by atoms with E-state index < -0.39 is 5.60 Å². The monoisotopic (exact) mass is 212 g/mol. The Morgan fingerprint density at radius 2 is 2.00 bits per heavy atom. The molecule has 0 N–H and O–H groups in total. The quantitative estimate of drug-likeness (QED) is 0.664. The Hall–Kier alpha value is -1.29. The van der Waals surface area contributed by atoms with E-state index in [1.54, 1.807) is 20.3 Å². The van der Waals surface area contributed by atoms with E-state index in [-0.39, 0.29) is 5.97 Å². The first-order valence-corrected chi connectivity index (χ1v) is 4.65. The zero-order valence-corrected chi connectivity index (χ0v) is 9.49. The number of methoxy groups -OCH3 is 3. The van der Waals surface area contributed by atoms with Gasteiger partial charge in [0.15, 0.2) is 0 Å². The van der Waals surface area contributed by atoms with Crippen LogP contribution in [0, 0.1) is 0 Å². The van der Waals surface area contributed by atoms with Crippen molar-refractivity contribution in [2.45, 2.75) is 18.9 Å². The van der Waals surface area contributed by atoms with Crippen molar-refractivity contribution < 1.29 is 19.0 Å². The molecule has 1 aliphatic carbocycles. The van der Waals surface area contributed by atoms with Gasteiger partial charge in [-0.3, -0.25) is 0 Å². The summed E-state index contributed by atoms with van der Waals surface area (Å²) in [6.45, 7) is 1.86. The molecule has 0 saturated carbocycles. The van der Waals surface area contributed by atoms with E-state index in [4.69, 9.17) is 9.47 Å². The highest BCUT2D eigenvalue weighted by atomic mass is 16.5. The second-order valence-electron chi connectivity index (χ2n) is 3.54. The number of allylic oxidation sites excluding steroid dienone is 1. The predicted octanol–water partition coefficient (Wildman–Crippen LogP) is 1.42. The maximum absolute atomic E-state index is 11.4. The molecule has 1 aliphatic rings. The number of hydrogen-bond acceptors (Lipinski definition) is 4. The molecule has 0 aromatic rings. The second-order valence-corrected chi connectivity index (χ2v) is 3.54. The molecule has 1 unspecified atom stereocenters. The molecule has 0 aliphatic heterocycles. The van der Waals surface area contributed by atoms with Crippen molar-refractivity contribution in [3.05, 3.63) is 23.5 Å². The maximum Gasteiger partial charge on any atom is 0.333 e. The van der Waals surface area contributed by atoms with Crippen LogP contribution in [0.15, 0.2) is 23.5 Å². The molecule has 0 aromatic heterocycles. The summed E-state index contributed by atoms with van der Waals surface area (Å²) >= 11 is 0. The van der Waals surface area contributed by atoms with Crippen molar-refractivity contribution >= 4 is 5.97 Å². The van der Waals surface area contributed by atoms with Crippen LogP contribution in [-0.2, 0) is 19.0 Å². The van der Waals surface area contributed by atoms with E-state index in [0.717, 1.165) is 0 Å². The summed E-state index contributed by atoms with van der Waals surface area (Å²) in [4.78, 5) is 11.4. The fourth-order valence-electron chi connectivity index (χ4n) is 1.51. The third kappa shape index (κ3) is 2.59. The molecular weight excluding hydrogens is 196 g/mol. The van der Waals surface area contributed by atoms with Crippen molar-refractivity contribution in [2.75, 3.05) is 21.3 Å². The van der Waals surface area contributed by atoms with Gasteiger partial charge in [0.1, 0.15) is 5.60 Å². The Morgan fingerprint density at radius 1 is 1.33 bits per heavy atom. The summed E-state index contributed by atoms with van der Waals surface area (Å²) in [6, 6.07) is 0. The first kappa shape index (κ1) is 11.8. The average Bonchev–Trinajstić information content (AvgIpc) is 2.27. The molecule has 0 saturated heterocycles. The minimum absolute atomic E-state index is 0.346. The van der Waals surface area contributed by atoms with Gasteiger partial charge < -0.3 is 14.2 Å². The van der Waals surface area contributed by atoms with Crippen molar-refractivity contribution in [1.82, 2.24) is 0 Å². The molecule has 84 valence electrons. The highest BCUT2D eigenvalue weighted by Gasteiger charge is 2.28.